The summed E-state index contributed by atoms with van der Waals surface area (Å²) in [7, 11) is 0. The van der Waals surface area contributed by atoms with E-state index in [-0.39, 0.29) is 37.2 Å². The van der Waals surface area contributed by atoms with Crippen molar-refractivity contribution >= 4 is 0 Å². The average molecular weight is 359 g/mol. The van der Waals surface area contributed by atoms with E-state index in [1.165, 1.54) is 0 Å². The van der Waals surface area contributed by atoms with Gasteiger partial charge >= 0.3 is 47.7 Å². The van der Waals surface area contributed by atoms with E-state index in [0.717, 1.165) is 0 Å². The Morgan fingerprint density at radius 3 is 1.11 bits per heavy atom. The van der Waals surface area contributed by atoms with E-state index in [1.54, 1.807) is 0 Å². The van der Waals surface area contributed by atoms with Gasteiger partial charge in [-0.2, -0.15) is 0 Å². The van der Waals surface area contributed by atoms with Crippen molar-refractivity contribution in [3.05, 3.63) is 0 Å². The van der Waals surface area contributed by atoms with Crippen LogP contribution >= 0.6 is 0 Å². The zero-order chi connectivity index (χ0) is 5.21. The van der Waals surface area contributed by atoms with Crippen molar-refractivity contribution in [2.45, 2.75) is 24.4 Å². The smallest absolute Gasteiger partial charge is 1.00 e. The molecule has 0 saturated heterocycles. The Morgan fingerprint density at radius 1 is 1.00 bits per heavy atom. The fourth-order valence-electron chi connectivity index (χ4n) is 0. The van der Waals surface area contributed by atoms with Crippen LogP contribution < -0.4 is 37.2 Å². The molecule has 0 radical (unpaired) electrons. The minimum atomic E-state index is -0.803. The Labute approximate surface area is 84.6 Å². The normalized spacial score (nSPS) is 7.00. The van der Waals surface area contributed by atoms with Gasteiger partial charge in [-0.1, -0.05) is 0 Å². The monoisotopic (exact) mass is 358 g/mol. The fraction of sp³-hybridized carbons (Fsp3) is 1.00. The molecule has 1 N–H and O–H groups in total. The molecular weight excluding hydrogens is 349 g/mol. The molecule has 0 bridgehead atoms. The Morgan fingerprint density at radius 2 is 1.11 bits per heavy atom. The molecule has 57 valence electrons. The summed E-state index contributed by atoms with van der Waals surface area (Å²) in [6.45, 7) is 6.41. The molecule has 0 aliphatic carbocycles. The molecule has 1 nitrogen and oxygen atoms in total. The summed E-state index contributed by atoms with van der Waals surface area (Å²) in [6.07, 6.45) is 0. The molecule has 0 amide bonds. The topological polar surface area (TPSA) is 23.9 Å². The maximum absolute atomic E-state index is 7.03. The first kappa shape index (κ1) is 22.4. The van der Waals surface area contributed by atoms with Crippen molar-refractivity contribution in [2.75, 3.05) is 0 Å². The van der Waals surface area contributed by atoms with E-state index in [1.807, 2.05) is 0 Å². The predicted octanol–water partition coefficient (Wildman–Crippen LogP) is -6.94. The summed E-state index contributed by atoms with van der Waals surface area (Å²) < 4.78 is 7.42. The zero-order valence-corrected chi connectivity index (χ0v) is 11.1. The fourth-order valence-corrected chi connectivity index (χ4v) is 0. The molecule has 0 aromatic rings. The maximum atomic E-state index is 7.03. The summed E-state index contributed by atoms with van der Waals surface area (Å²) in [6, 6.07) is 0. The molecule has 0 atom stereocenters. The first-order valence-corrected chi connectivity index (χ1v) is 5.16. The summed E-state index contributed by atoms with van der Waals surface area (Å²) in [5, 5.41) is 0. The van der Waals surface area contributed by atoms with Gasteiger partial charge < -0.3 is 37.2 Å². The van der Waals surface area contributed by atoms with Gasteiger partial charge in [0.1, 0.15) is 0 Å². The van der Waals surface area contributed by atoms with Crippen LogP contribution in [0.2, 0.25) is 3.63 Å². The standard InChI is InChI=1S/C4H9.3ClH.HN.Ta/c1-4(2)3;;;;;/h1-3H3;4*1H;/q;;;;;+3/p-3. The van der Waals surface area contributed by atoms with Gasteiger partial charge in [0.05, 0.1) is 0 Å². The van der Waals surface area contributed by atoms with Crippen LogP contribution in [0.25, 0.3) is 0 Å². The van der Waals surface area contributed by atoms with Gasteiger partial charge in [0.2, 0.25) is 0 Å². The van der Waals surface area contributed by atoms with Crippen molar-refractivity contribution in [1.29, 1.82) is 3.76 Å². The van der Waals surface area contributed by atoms with Crippen LogP contribution in [0.15, 0.2) is 0 Å². The van der Waals surface area contributed by atoms with Crippen molar-refractivity contribution in [2.24, 2.45) is 0 Å². The molecule has 0 aliphatic rings. The third kappa shape index (κ3) is 26.6. The molecule has 0 spiro atoms. The van der Waals surface area contributed by atoms with Gasteiger partial charge in [0.15, 0.2) is 0 Å². The summed E-state index contributed by atoms with van der Waals surface area (Å²) in [5.74, 6) is 0. The van der Waals surface area contributed by atoms with Crippen LogP contribution in [0, 0.1) is 3.76 Å². The van der Waals surface area contributed by atoms with Gasteiger partial charge in [-0.05, 0) is 0 Å². The molecule has 0 saturated carbocycles. The van der Waals surface area contributed by atoms with E-state index >= 15 is 0 Å². The SMILES string of the molecule is C[C](C)(C)[Ta+3]=[NH].[Cl-].[Cl-].[Cl-]. The molecule has 0 heterocycles. The predicted molar refractivity (Wildman–Crippen MR) is 22.4 cm³/mol. The van der Waals surface area contributed by atoms with Crippen LogP contribution in [0.5, 0.6) is 0 Å². The molecular formula is C4H10Cl3NTa. The van der Waals surface area contributed by atoms with Crippen LogP contribution in [0.4, 0.5) is 0 Å². The van der Waals surface area contributed by atoms with Crippen LogP contribution in [0.1, 0.15) is 20.8 Å². The molecule has 0 aromatic carbocycles. The van der Waals surface area contributed by atoms with Crippen molar-refractivity contribution in [3.63, 3.8) is 0 Å². The first-order chi connectivity index (χ1) is 2.56. The second-order valence-electron chi connectivity index (χ2n) is 2.28. The van der Waals surface area contributed by atoms with Crippen molar-refractivity contribution in [1.82, 2.24) is 0 Å². The van der Waals surface area contributed by atoms with Gasteiger partial charge in [-0.3, -0.25) is 0 Å². The van der Waals surface area contributed by atoms with E-state index in [0.29, 0.717) is 3.63 Å². The average Bonchev–Trinajstić information content (AvgIpc) is 1.35. The second kappa shape index (κ2) is 9.41. The Balaban J connectivity index is -0.0000000417. The molecule has 0 fully saturated rings. The quantitative estimate of drug-likeness (QED) is 0.445. The van der Waals surface area contributed by atoms with E-state index in [4.69, 9.17) is 3.76 Å². The van der Waals surface area contributed by atoms with Crippen molar-refractivity contribution < 1.29 is 56.8 Å². The third-order valence-electron chi connectivity index (χ3n) is 0.335. The minimum Gasteiger partial charge on any atom is -1.00 e. The molecule has 0 aromatic heterocycles. The number of hydrogen-bond donors (Lipinski definition) is 1. The van der Waals surface area contributed by atoms with Crippen LogP contribution in [0.3, 0.4) is 0 Å². The van der Waals surface area contributed by atoms with E-state index in [9.17, 15) is 0 Å². The number of rotatable bonds is 0. The van der Waals surface area contributed by atoms with Gasteiger partial charge in [-0.15, -0.1) is 0 Å². The number of hydrogen-bond acceptors (Lipinski definition) is 1. The Kier molecular flexibility index (Phi) is 23.5. The molecule has 0 rings (SSSR count). The number of nitrogens with one attached hydrogen (secondary N) is 1. The summed E-state index contributed by atoms with van der Waals surface area (Å²) in [5.41, 5.74) is 0. The van der Waals surface area contributed by atoms with E-state index in [2.05, 4.69) is 20.8 Å². The van der Waals surface area contributed by atoms with Crippen molar-refractivity contribution in [3.8, 4) is 0 Å². The van der Waals surface area contributed by atoms with Crippen LogP contribution in [-0.2, 0) is 19.6 Å². The second-order valence-corrected chi connectivity index (χ2v) is 7.91. The van der Waals surface area contributed by atoms with Gasteiger partial charge in [0, 0.05) is 0 Å². The van der Waals surface area contributed by atoms with Crippen LogP contribution in [-0.4, -0.2) is 0 Å². The zero-order valence-electron chi connectivity index (χ0n) is 5.58. The maximum Gasteiger partial charge on any atom is -1.00 e. The summed E-state index contributed by atoms with van der Waals surface area (Å²) in [4.78, 5) is 0. The summed E-state index contributed by atoms with van der Waals surface area (Å²) >= 11 is -0.803. The largest absolute Gasteiger partial charge is 1.00 e. The molecule has 0 unspecified atom stereocenters. The third-order valence-corrected chi connectivity index (χ3v) is 2.75. The molecule has 0 aliphatic heterocycles. The molecule has 5 heteroatoms. The van der Waals surface area contributed by atoms with Gasteiger partial charge in [0.25, 0.3) is 0 Å². The van der Waals surface area contributed by atoms with Gasteiger partial charge in [-0.25, -0.2) is 0 Å². The minimum absolute atomic E-state index is 0. The Hall–Kier alpha value is 1.41. The molecule has 9 heavy (non-hydrogen) atoms. The first-order valence-electron chi connectivity index (χ1n) is 1.95. The Bertz CT molecular complexity index is 61.3. The number of halogens is 3. The van der Waals surface area contributed by atoms with E-state index < -0.39 is 19.6 Å².